The van der Waals surface area contributed by atoms with E-state index in [-0.39, 0.29) is 0 Å². The van der Waals surface area contributed by atoms with E-state index in [9.17, 15) is 0 Å². The molecule has 1 aromatic rings. The molecule has 0 amide bonds. The van der Waals surface area contributed by atoms with Crippen molar-refractivity contribution in [1.82, 2.24) is 10.6 Å². The van der Waals surface area contributed by atoms with Gasteiger partial charge in [-0.05, 0) is 12.5 Å². The number of hydrogen-bond acceptors (Lipinski definition) is 1. The predicted molar refractivity (Wildman–Crippen MR) is 69.6 cm³/mol. The summed E-state index contributed by atoms with van der Waals surface area (Å²) in [5, 5.41) is 6.35. The van der Waals surface area contributed by atoms with Crippen LogP contribution < -0.4 is 10.6 Å². The van der Waals surface area contributed by atoms with Crippen molar-refractivity contribution in [2.45, 2.75) is 13.5 Å². The van der Waals surface area contributed by atoms with Gasteiger partial charge in [0.15, 0.2) is 5.96 Å². The molecule has 1 aromatic carbocycles. The van der Waals surface area contributed by atoms with Gasteiger partial charge in [-0.3, -0.25) is 4.99 Å². The Morgan fingerprint density at radius 3 is 2.56 bits per heavy atom. The SMILES string of the molecule is C=CCNC(=NC)NCc1ccc(C)cc1. The van der Waals surface area contributed by atoms with Crippen molar-refractivity contribution in [3.63, 3.8) is 0 Å². The number of aliphatic imine (C=N–C) groups is 1. The van der Waals surface area contributed by atoms with Crippen LogP contribution in [-0.4, -0.2) is 19.6 Å². The molecule has 0 fully saturated rings. The molecule has 0 aliphatic rings. The summed E-state index contributed by atoms with van der Waals surface area (Å²) in [4.78, 5) is 4.10. The highest BCUT2D eigenvalue weighted by Gasteiger charge is 1.96. The lowest BCUT2D eigenvalue weighted by atomic mass is 10.1. The molecule has 86 valence electrons. The summed E-state index contributed by atoms with van der Waals surface area (Å²) < 4.78 is 0. The zero-order valence-electron chi connectivity index (χ0n) is 9.96. The summed E-state index contributed by atoms with van der Waals surface area (Å²) in [6, 6.07) is 8.44. The molecule has 0 saturated carbocycles. The molecule has 3 nitrogen and oxygen atoms in total. The van der Waals surface area contributed by atoms with E-state index >= 15 is 0 Å². The predicted octanol–water partition coefficient (Wildman–Crippen LogP) is 1.85. The Morgan fingerprint density at radius 2 is 2.00 bits per heavy atom. The molecule has 0 aromatic heterocycles. The van der Waals surface area contributed by atoms with E-state index in [2.05, 4.69) is 53.4 Å². The lowest BCUT2D eigenvalue weighted by molar-refractivity contribution is 0.847. The first-order chi connectivity index (χ1) is 7.76. The largest absolute Gasteiger partial charge is 0.353 e. The van der Waals surface area contributed by atoms with E-state index in [1.54, 1.807) is 13.1 Å². The van der Waals surface area contributed by atoms with Gasteiger partial charge in [0.25, 0.3) is 0 Å². The van der Waals surface area contributed by atoms with Crippen LogP contribution >= 0.6 is 0 Å². The van der Waals surface area contributed by atoms with Crippen molar-refractivity contribution in [1.29, 1.82) is 0 Å². The molecule has 0 aliphatic heterocycles. The van der Waals surface area contributed by atoms with Gasteiger partial charge in [-0.25, -0.2) is 0 Å². The lowest BCUT2D eigenvalue weighted by Crippen LogP contribution is -2.36. The Labute approximate surface area is 97.3 Å². The molecule has 16 heavy (non-hydrogen) atoms. The van der Waals surface area contributed by atoms with E-state index in [1.165, 1.54) is 11.1 Å². The number of nitrogens with one attached hydrogen (secondary N) is 2. The molecule has 0 radical (unpaired) electrons. The third-order valence-electron chi connectivity index (χ3n) is 2.22. The topological polar surface area (TPSA) is 36.4 Å². The molecule has 0 heterocycles. The molecule has 0 unspecified atom stereocenters. The second-order valence-corrected chi connectivity index (χ2v) is 3.58. The minimum absolute atomic E-state index is 0.716. The molecule has 3 heteroatoms. The normalized spacial score (nSPS) is 11.0. The van der Waals surface area contributed by atoms with Crippen LogP contribution in [0.2, 0.25) is 0 Å². The van der Waals surface area contributed by atoms with E-state index in [0.717, 1.165) is 12.5 Å². The zero-order chi connectivity index (χ0) is 11.8. The maximum atomic E-state index is 4.10. The highest BCUT2D eigenvalue weighted by Crippen LogP contribution is 2.02. The number of nitrogens with zero attached hydrogens (tertiary/aromatic N) is 1. The molecule has 2 N–H and O–H groups in total. The van der Waals surface area contributed by atoms with Crippen LogP contribution in [0.3, 0.4) is 0 Å². The Balaban J connectivity index is 2.43. The van der Waals surface area contributed by atoms with Gasteiger partial charge in [-0.2, -0.15) is 0 Å². The van der Waals surface area contributed by atoms with Crippen molar-refractivity contribution in [2.75, 3.05) is 13.6 Å². The number of benzene rings is 1. The second kappa shape index (κ2) is 6.67. The number of aryl methyl sites for hydroxylation is 1. The number of rotatable bonds is 4. The first-order valence-corrected chi connectivity index (χ1v) is 5.37. The Morgan fingerprint density at radius 1 is 1.31 bits per heavy atom. The van der Waals surface area contributed by atoms with Crippen molar-refractivity contribution in [2.24, 2.45) is 4.99 Å². The molecule has 0 atom stereocenters. The molecule has 0 saturated heterocycles. The fourth-order valence-corrected chi connectivity index (χ4v) is 1.28. The summed E-state index contributed by atoms with van der Waals surface area (Å²) in [7, 11) is 1.76. The minimum Gasteiger partial charge on any atom is -0.353 e. The molecular weight excluding hydrogens is 198 g/mol. The first-order valence-electron chi connectivity index (χ1n) is 5.37. The summed E-state index contributed by atoms with van der Waals surface area (Å²) in [5.74, 6) is 0.792. The van der Waals surface area contributed by atoms with Crippen molar-refractivity contribution in [3.05, 3.63) is 48.0 Å². The van der Waals surface area contributed by atoms with E-state index < -0.39 is 0 Å². The molecule has 0 bridgehead atoms. The first kappa shape index (κ1) is 12.3. The summed E-state index contributed by atoms with van der Waals surface area (Å²) in [5.41, 5.74) is 2.52. The average Bonchev–Trinajstić information content (AvgIpc) is 2.32. The van der Waals surface area contributed by atoms with Crippen LogP contribution in [0.25, 0.3) is 0 Å². The van der Waals surface area contributed by atoms with Gasteiger partial charge < -0.3 is 10.6 Å². The summed E-state index contributed by atoms with van der Waals surface area (Å²) in [6.45, 7) is 7.23. The molecule has 1 rings (SSSR count). The highest BCUT2D eigenvalue weighted by molar-refractivity contribution is 5.79. The number of guanidine groups is 1. The standard InChI is InChI=1S/C13H19N3/c1-4-9-15-13(14-3)16-10-12-7-5-11(2)6-8-12/h4-8H,1,9-10H2,2-3H3,(H2,14,15,16). The van der Waals surface area contributed by atoms with Gasteiger partial charge in [0.05, 0.1) is 0 Å². The lowest BCUT2D eigenvalue weighted by Gasteiger charge is -2.10. The van der Waals surface area contributed by atoms with Gasteiger partial charge in [0, 0.05) is 20.1 Å². The van der Waals surface area contributed by atoms with Crippen LogP contribution in [0.15, 0.2) is 41.9 Å². The van der Waals surface area contributed by atoms with E-state index in [1.807, 2.05) is 0 Å². The van der Waals surface area contributed by atoms with Gasteiger partial charge >= 0.3 is 0 Å². The Hall–Kier alpha value is -1.77. The molecule has 0 spiro atoms. The van der Waals surface area contributed by atoms with Crippen LogP contribution in [-0.2, 0) is 6.54 Å². The fourth-order valence-electron chi connectivity index (χ4n) is 1.28. The third kappa shape index (κ3) is 4.17. The van der Waals surface area contributed by atoms with Gasteiger partial charge in [-0.1, -0.05) is 35.9 Å². The second-order valence-electron chi connectivity index (χ2n) is 3.58. The smallest absolute Gasteiger partial charge is 0.191 e. The van der Waals surface area contributed by atoms with Crippen molar-refractivity contribution >= 4 is 5.96 Å². The molecule has 0 aliphatic carbocycles. The highest BCUT2D eigenvalue weighted by atomic mass is 15.2. The molecular formula is C13H19N3. The monoisotopic (exact) mass is 217 g/mol. The Bertz CT molecular complexity index is 352. The van der Waals surface area contributed by atoms with E-state index in [4.69, 9.17) is 0 Å². The summed E-state index contributed by atoms with van der Waals surface area (Å²) in [6.07, 6.45) is 1.80. The zero-order valence-corrected chi connectivity index (χ0v) is 9.96. The van der Waals surface area contributed by atoms with Crippen molar-refractivity contribution < 1.29 is 0 Å². The maximum Gasteiger partial charge on any atom is 0.191 e. The maximum absolute atomic E-state index is 4.10. The quantitative estimate of drug-likeness (QED) is 0.459. The van der Waals surface area contributed by atoms with Gasteiger partial charge in [0.2, 0.25) is 0 Å². The van der Waals surface area contributed by atoms with Crippen LogP contribution in [0.5, 0.6) is 0 Å². The van der Waals surface area contributed by atoms with Crippen LogP contribution in [0.1, 0.15) is 11.1 Å². The van der Waals surface area contributed by atoms with E-state index in [0.29, 0.717) is 6.54 Å². The fraction of sp³-hybridized carbons (Fsp3) is 0.308. The average molecular weight is 217 g/mol. The van der Waals surface area contributed by atoms with Crippen LogP contribution in [0, 0.1) is 6.92 Å². The van der Waals surface area contributed by atoms with Gasteiger partial charge in [-0.15, -0.1) is 6.58 Å². The third-order valence-corrected chi connectivity index (χ3v) is 2.22. The van der Waals surface area contributed by atoms with Crippen molar-refractivity contribution in [3.8, 4) is 0 Å². The number of hydrogen-bond donors (Lipinski definition) is 2. The minimum atomic E-state index is 0.716. The van der Waals surface area contributed by atoms with Gasteiger partial charge in [0.1, 0.15) is 0 Å². The summed E-state index contributed by atoms with van der Waals surface area (Å²) >= 11 is 0. The van der Waals surface area contributed by atoms with Crippen LogP contribution in [0.4, 0.5) is 0 Å². The Kier molecular flexibility index (Phi) is 5.12.